The van der Waals surface area contributed by atoms with Crippen molar-refractivity contribution in [2.24, 2.45) is 0 Å². The molecule has 0 aliphatic carbocycles. The van der Waals surface area contributed by atoms with E-state index in [1.807, 2.05) is 0 Å². The zero-order chi connectivity index (χ0) is 23.1. The molecule has 10 heteroatoms. The Hall–Kier alpha value is -3.33. The number of alkyl halides is 6. The highest BCUT2D eigenvalue weighted by molar-refractivity contribution is 6.30. The number of nitrogens with zero attached hydrogens (tertiary/aromatic N) is 2. The quantitative estimate of drug-likeness (QED) is 0.247. The van der Waals surface area contributed by atoms with E-state index in [0.29, 0.717) is 22.3 Å². The molecule has 0 atom stereocenters. The summed E-state index contributed by atoms with van der Waals surface area (Å²) in [7, 11) is 0. The first-order valence-corrected chi connectivity index (χ1v) is 9.47. The molecule has 0 fully saturated rings. The molecule has 3 nitrogen and oxygen atoms in total. The van der Waals surface area contributed by atoms with Gasteiger partial charge in [-0.05, 0) is 48.5 Å². The molecule has 4 rings (SSSR count). The van der Waals surface area contributed by atoms with Crippen LogP contribution in [0.4, 0.5) is 37.7 Å². The van der Waals surface area contributed by atoms with E-state index in [2.05, 4.69) is 15.3 Å². The summed E-state index contributed by atoms with van der Waals surface area (Å²) in [5, 5.41) is 3.55. The molecule has 32 heavy (non-hydrogen) atoms. The second-order valence-corrected chi connectivity index (χ2v) is 7.21. The third-order valence-electron chi connectivity index (χ3n) is 4.66. The summed E-state index contributed by atoms with van der Waals surface area (Å²) < 4.78 is 78.4. The number of hydrogen-bond donors (Lipinski definition) is 1. The minimum Gasteiger partial charge on any atom is -0.355 e. The van der Waals surface area contributed by atoms with E-state index in [1.54, 1.807) is 6.07 Å². The maximum Gasteiger partial charge on any atom is 0.418 e. The van der Waals surface area contributed by atoms with Crippen molar-refractivity contribution in [3.8, 4) is 11.3 Å². The SMILES string of the molecule is FC(F)(F)c1ccc(Nc2cc(Cl)nc3cc(-c4ncccc4C(F)(F)F)ccc23)cc1. The fraction of sp³-hybridized carbons (Fsp3) is 0.0909. The van der Waals surface area contributed by atoms with Crippen molar-refractivity contribution in [1.82, 2.24) is 9.97 Å². The lowest BCUT2D eigenvalue weighted by Gasteiger charge is -2.14. The lowest BCUT2D eigenvalue weighted by Crippen LogP contribution is -2.08. The summed E-state index contributed by atoms with van der Waals surface area (Å²) in [5.74, 6) is 0. The van der Waals surface area contributed by atoms with E-state index in [4.69, 9.17) is 11.6 Å². The van der Waals surface area contributed by atoms with Crippen molar-refractivity contribution in [2.45, 2.75) is 12.4 Å². The predicted octanol–water partition coefficient (Wildman–Crippen LogP) is 7.73. The van der Waals surface area contributed by atoms with Crippen LogP contribution in [0.5, 0.6) is 0 Å². The first-order chi connectivity index (χ1) is 15.0. The van der Waals surface area contributed by atoms with Gasteiger partial charge in [0.25, 0.3) is 0 Å². The molecule has 0 saturated carbocycles. The second-order valence-electron chi connectivity index (χ2n) is 6.82. The van der Waals surface area contributed by atoms with Gasteiger partial charge in [0.05, 0.1) is 28.0 Å². The van der Waals surface area contributed by atoms with Crippen molar-refractivity contribution >= 4 is 33.9 Å². The predicted molar refractivity (Wildman–Crippen MR) is 110 cm³/mol. The standard InChI is InChI=1S/C22H12ClF6N3/c23-19-11-18(31-14-6-4-13(5-7-14)21(24,25)26)15-8-3-12(10-17(15)32-19)20-16(22(27,28)29)2-1-9-30-20/h1-11H,(H,31,32). The lowest BCUT2D eigenvalue weighted by molar-refractivity contribution is -0.138. The maximum atomic E-state index is 13.4. The van der Waals surface area contributed by atoms with Crippen molar-refractivity contribution < 1.29 is 26.3 Å². The molecule has 0 radical (unpaired) electrons. The molecule has 0 unspecified atom stereocenters. The van der Waals surface area contributed by atoms with Crippen molar-refractivity contribution in [3.63, 3.8) is 0 Å². The highest BCUT2D eigenvalue weighted by Gasteiger charge is 2.34. The molecule has 0 saturated heterocycles. The zero-order valence-electron chi connectivity index (χ0n) is 15.9. The van der Waals surface area contributed by atoms with Crippen LogP contribution >= 0.6 is 11.6 Å². The topological polar surface area (TPSA) is 37.8 Å². The number of nitrogens with one attached hydrogen (secondary N) is 1. The molecule has 0 spiro atoms. The fourth-order valence-corrected chi connectivity index (χ4v) is 3.41. The van der Waals surface area contributed by atoms with Crippen LogP contribution in [0.25, 0.3) is 22.2 Å². The summed E-state index contributed by atoms with van der Waals surface area (Å²) in [6.45, 7) is 0. The Balaban J connectivity index is 1.75. The number of halogens is 7. The van der Waals surface area contributed by atoms with Gasteiger partial charge in [-0.1, -0.05) is 23.7 Å². The van der Waals surface area contributed by atoms with E-state index < -0.39 is 23.5 Å². The highest BCUT2D eigenvalue weighted by Crippen LogP contribution is 2.38. The summed E-state index contributed by atoms with van der Waals surface area (Å²) in [4.78, 5) is 8.04. The van der Waals surface area contributed by atoms with Gasteiger partial charge >= 0.3 is 12.4 Å². The van der Waals surface area contributed by atoms with Gasteiger partial charge in [-0.15, -0.1) is 0 Å². The Kier molecular flexibility index (Phi) is 5.46. The van der Waals surface area contributed by atoms with Gasteiger partial charge in [0.15, 0.2) is 0 Å². The van der Waals surface area contributed by atoms with Crippen LogP contribution < -0.4 is 5.32 Å². The van der Waals surface area contributed by atoms with Crippen LogP contribution in [0.1, 0.15) is 11.1 Å². The number of fused-ring (bicyclic) bond motifs is 1. The molecular formula is C22H12ClF6N3. The Labute approximate surface area is 182 Å². The van der Waals surface area contributed by atoms with E-state index in [1.165, 1.54) is 42.6 Å². The first kappa shape index (κ1) is 21.9. The first-order valence-electron chi connectivity index (χ1n) is 9.09. The number of hydrogen-bond acceptors (Lipinski definition) is 3. The van der Waals surface area contributed by atoms with Gasteiger partial charge in [0.2, 0.25) is 0 Å². The summed E-state index contributed by atoms with van der Waals surface area (Å²) >= 11 is 6.08. The molecule has 2 heterocycles. The third-order valence-corrected chi connectivity index (χ3v) is 4.85. The summed E-state index contributed by atoms with van der Waals surface area (Å²) in [5.41, 5.74) is -0.631. The number of pyridine rings is 2. The number of aromatic nitrogens is 2. The Morgan fingerprint density at radius 2 is 1.53 bits per heavy atom. The van der Waals surface area contributed by atoms with Gasteiger partial charge < -0.3 is 5.32 Å². The smallest absolute Gasteiger partial charge is 0.355 e. The highest BCUT2D eigenvalue weighted by atomic mass is 35.5. The van der Waals surface area contributed by atoms with Gasteiger partial charge in [-0.3, -0.25) is 4.98 Å². The van der Waals surface area contributed by atoms with E-state index in [9.17, 15) is 26.3 Å². The minimum atomic E-state index is -4.59. The van der Waals surface area contributed by atoms with Crippen LogP contribution in [0.2, 0.25) is 5.15 Å². The van der Waals surface area contributed by atoms with E-state index >= 15 is 0 Å². The van der Waals surface area contributed by atoms with Crippen LogP contribution in [-0.4, -0.2) is 9.97 Å². The Morgan fingerprint density at radius 3 is 2.19 bits per heavy atom. The van der Waals surface area contributed by atoms with Crippen molar-refractivity contribution in [3.05, 3.63) is 83.1 Å². The average Bonchev–Trinajstić information content (AvgIpc) is 2.72. The lowest BCUT2D eigenvalue weighted by atomic mass is 10.0. The molecule has 0 aliphatic heterocycles. The molecule has 2 aromatic carbocycles. The van der Waals surface area contributed by atoms with Gasteiger partial charge in [0, 0.05) is 22.8 Å². The van der Waals surface area contributed by atoms with Crippen LogP contribution in [-0.2, 0) is 12.4 Å². The Bertz CT molecular complexity index is 1280. The van der Waals surface area contributed by atoms with Gasteiger partial charge in [-0.25, -0.2) is 4.98 Å². The third kappa shape index (κ3) is 4.47. The van der Waals surface area contributed by atoms with E-state index in [0.717, 1.165) is 18.2 Å². The van der Waals surface area contributed by atoms with Gasteiger partial charge in [-0.2, -0.15) is 26.3 Å². The monoisotopic (exact) mass is 467 g/mol. The second kappa shape index (κ2) is 7.98. The number of rotatable bonds is 3. The molecule has 0 bridgehead atoms. The fourth-order valence-electron chi connectivity index (χ4n) is 3.21. The molecule has 2 aromatic heterocycles. The molecular weight excluding hydrogens is 456 g/mol. The maximum absolute atomic E-state index is 13.4. The normalized spacial score (nSPS) is 12.2. The minimum absolute atomic E-state index is 0.0566. The average molecular weight is 468 g/mol. The van der Waals surface area contributed by atoms with Crippen LogP contribution in [0.15, 0.2) is 66.9 Å². The molecule has 0 aliphatic rings. The van der Waals surface area contributed by atoms with Crippen molar-refractivity contribution in [2.75, 3.05) is 5.32 Å². The molecule has 164 valence electrons. The van der Waals surface area contributed by atoms with Crippen LogP contribution in [0.3, 0.4) is 0 Å². The van der Waals surface area contributed by atoms with Gasteiger partial charge in [0.1, 0.15) is 5.15 Å². The number of benzene rings is 2. The molecule has 0 amide bonds. The van der Waals surface area contributed by atoms with E-state index in [-0.39, 0.29) is 16.4 Å². The largest absolute Gasteiger partial charge is 0.418 e. The molecule has 4 aromatic rings. The summed E-state index contributed by atoms with van der Waals surface area (Å²) in [6.07, 6.45) is -7.78. The summed E-state index contributed by atoms with van der Waals surface area (Å²) in [6, 6.07) is 12.5. The zero-order valence-corrected chi connectivity index (χ0v) is 16.6. The Morgan fingerprint density at radius 1 is 0.812 bits per heavy atom. The number of anilines is 2. The van der Waals surface area contributed by atoms with Crippen LogP contribution in [0, 0.1) is 0 Å². The molecule has 1 N–H and O–H groups in total. The van der Waals surface area contributed by atoms with Crippen molar-refractivity contribution in [1.29, 1.82) is 0 Å².